The van der Waals surface area contributed by atoms with E-state index >= 15 is 0 Å². The molecule has 5 nitrogen and oxygen atoms in total. The number of tetrazole rings is 1. The molecule has 0 aliphatic rings. The number of aromatic nitrogens is 4. The minimum Gasteiger partial charge on any atom is -0.308 e. The summed E-state index contributed by atoms with van der Waals surface area (Å²) in [5, 5.41) is 15.8. The van der Waals surface area contributed by atoms with Crippen LogP contribution in [0.3, 0.4) is 0 Å². The van der Waals surface area contributed by atoms with E-state index in [1.54, 1.807) is 16.4 Å². The Labute approximate surface area is 124 Å². The number of rotatable bonds is 4. The van der Waals surface area contributed by atoms with Gasteiger partial charge in [-0.3, -0.25) is 0 Å². The van der Waals surface area contributed by atoms with E-state index in [1.807, 2.05) is 7.05 Å². The van der Waals surface area contributed by atoms with Crippen molar-refractivity contribution in [3.63, 3.8) is 0 Å². The van der Waals surface area contributed by atoms with E-state index in [2.05, 4.69) is 66.7 Å². The van der Waals surface area contributed by atoms with Crippen molar-refractivity contribution in [2.75, 3.05) is 0 Å². The fourth-order valence-corrected chi connectivity index (χ4v) is 2.51. The Bertz CT molecular complexity index is 585. The minimum atomic E-state index is 0.131. The predicted octanol–water partition coefficient (Wildman–Crippen LogP) is 2.56. The maximum Gasteiger partial charge on any atom is 0.213 e. The first-order valence-corrected chi connectivity index (χ1v) is 7.41. The monoisotopic (exact) mass is 291 g/mol. The van der Waals surface area contributed by atoms with Crippen LogP contribution in [0.2, 0.25) is 0 Å². The molecule has 0 aliphatic heterocycles. The zero-order valence-electron chi connectivity index (χ0n) is 12.6. The molecule has 20 heavy (non-hydrogen) atoms. The third kappa shape index (κ3) is 4.05. The summed E-state index contributed by atoms with van der Waals surface area (Å²) in [6.45, 7) is 9.51. The summed E-state index contributed by atoms with van der Waals surface area (Å²) >= 11 is 1.59. The molecule has 0 atom stereocenters. The van der Waals surface area contributed by atoms with Crippen molar-refractivity contribution in [2.45, 2.75) is 49.8 Å². The van der Waals surface area contributed by atoms with Crippen LogP contribution in [-0.4, -0.2) is 25.7 Å². The molecular weight excluding hydrogens is 270 g/mol. The number of hydrogen-bond acceptors (Lipinski definition) is 5. The molecule has 0 aliphatic carbocycles. The Morgan fingerprint density at radius 2 is 2.05 bits per heavy atom. The van der Waals surface area contributed by atoms with Crippen molar-refractivity contribution in [1.82, 2.24) is 25.5 Å². The maximum absolute atomic E-state index is 4.00. The molecule has 0 unspecified atom stereocenters. The Morgan fingerprint density at radius 1 is 1.30 bits per heavy atom. The van der Waals surface area contributed by atoms with Crippen molar-refractivity contribution in [2.24, 2.45) is 7.05 Å². The second kappa shape index (κ2) is 5.93. The van der Waals surface area contributed by atoms with Gasteiger partial charge in [-0.25, -0.2) is 4.68 Å². The summed E-state index contributed by atoms with van der Waals surface area (Å²) < 4.78 is 1.68. The zero-order valence-corrected chi connectivity index (χ0v) is 13.5. The van der Waals surface area contributed by atoms with E-state index in [0.717, 1.165) is 11.7 Å². The number of aryl methyl sites for hydroxylation is 2. The SMILES string of the molecule is Cc1cc(CNC(C)(C)C)ccc1Sc1nnnn1C. The first-order chi connectivity index (χ1) is 9.35. The van der Waals surface area contributed by atoms with Gasteiger partial charge in [-0.15, -0.1) is 5.10 Å². The van der Waals surface area contributed by atoms with E-state index in [-0.39, 0.29) is 5.54 Å². The number of nitrogens with zero attached hydrogens (tertiary/aromatic N) is 4. The van der Waals surface area contributed by atoms with Gasteiger partial charge in [0.05, 0.1) is 0 Å². The lowest BCUT2D eigenvalue weighted by Crippen LogP contribution is -2.35. The molecule has 2 aromatic rings. The zero-order chi connectivity index (χ0) is 14.8. The van der Waals surface area contributed by atoms with E-state index in [9.17, 15) is 0 Å². The summed E-state index contributed by atoms with van der Waals surface area (Å²) in [4.78, 5) is 1.18. The molecule has 1 N–H and O–H groups in total. The molecule has 0 radical (unpaired) electrons. The molecule has 1 aromatic carbocycles. The van der Waals surface area contributed by atoms with Crippen LogP contribution in [0.15, 0.2) is 28.3 Å². The van der Waals surface area contributed by atoms with Crippen LogP contribution in [0.4, 0.5) is 0 Å². The van der Waals surface area contributed by atoms with Gasteiger partial charge in [0.15, 0.2) is 0 Å². The summed E-state index contributed by atoms with van der Waals surface area (Å²) in [7, 11) is 1.85. The van der Waals surface area contributed by atoms with Crippen molar-refractivity contribution < 1.29 is 0 Å². The molecule has 0 fully saturated rings. The van der Waals surface area contributed by atoms with Gasteiger partial charge in [0.1, 0.15) is 0 Å². The fourth-order valence-electron chi connectivity index (χ4n) is 1.71. The second-order valence-electron chi connectivity index (χ2n) is 5.89. The average molecular weight is 291 g/mol. The lowest BCUT2D eigenvalue weighted by atomic mass is 10.1. The van der Waals surface area contributed by atoms with Gasteiger partial charge in [-0.2, -0.15) is 0 Å². The molecule has 0 saturated heterocycles. The van der Waals surface area contributed by atoms with Crippen molar-refractivity contribution in [3.8, 4) is 0 Å². The van der Waals surface area contributed by atoms with Crippen LogP contribution in [0.1, 0.15) is 31.9 Å². The van der Waals surface area contributed by atoms with E-state index in [1.165, 1.54) is 16.0 Å². The summed E-state index contributed by atoms with van der Waals surface area (Å²) in [6.07, 6.45) is 0. The van der Waals surface area contributed by atoms with Crippen LogP contribution >= 0.6 is 11.8 Å². The van der Waals surface area contributed by atoms with E-state index in [0.29, 0.717) is 0 Å². The summed E-state index contributed by atoms with van der Waals surface area (Å²) in [6, 6.07) is 6.50. The highest BCUT2D eigenvalue weighted by atomic mass is 32.2. The predicted molar refractivity (Wildman–Crippen MR) is 80.7 cm³/mol. The highest BCUT2D eigenvalue weighted by Crippen LogP contribution is 2.28. The highest BCUT2D eigenvalue weighted by molar-refractivity contribution is 7.99. The largest absolute Gasteiger partial charge is 0.308 e. The van der Waals surface area contributed by atoms with Crippen LogP contribution in [-0.2, 0) is 13.6 Å². The maximum atomic E-state index is 4.00. The second-order valence-corrected chi connectivity index (χ2v) is 6.90. The summed E-state index contributed by atoms with van der Waals surface area (Å²) in [5.41, 5.74) is 2.66. The third-order valence-electron chi connectivity index (χ3n) is 2.84. The van der Waals surface area contributed by atoms with Crippen LogP contribution < -0.4 is 5.32 Å². The molecule has 0 bridgehead atoms. The normalized spacial score (nSPS) is 11.8. The number of nitrogens with one attached hydrogen (secondary N) is 1. The molecule has 108 valence electrons. The van der Waals surface area contributed by atoms with Crippen LogP contribution in [0, 0.1) is 6.92 Å². The molecule has 0 spiro atoms. The Kier molecular flexibility index (Phi) is 4.45. The Hall–Kier alpha value is -1.40. The lowest BCUT2D eigenvalue weighted by molar-refractivity contribution is 0.424. The standard InChI is InChI=1S/C14H21N5S/c1-10-8-11(9-15-14(2,3)4)6-7-12(10)20-13-16-17-18-19(13)5/h6-8,15H,9H2,1-5H3. The lowest BCUT2D eigenvalue weighted by Gasteiger charge is -2.20. The van der Waals surface area contributed by atoms with Crippen molar-refractivity contribution >= 4 is 11.8 Å². The molecule has 1 aromatic heterocycles. The van der Waals surface area contributed by atoms with Crippen molar-refractivity contribution in [3.05, 3.63) is 29.3 Å². The number of hydrogen-bond donors (Lipinski definition) is 1. The van der Waals surface area contributed by atoms with Crippen LogP contribution in [0.25, 0.3) is 0 Å². The smallest absolute Gasteiger partial charge is 0.213 e. The van der Waals surface area contributed by atoms with E-state index in [4.69, 9.17) is 0 Å². The Morgan fingerprint density at radius 3 is 2.60 bits per heavy atom. The molecule has 6 heteroatoms. The highest BCUT2D eigenvalue weighted by Gasteiger charge is 2.10. The van der Waals surface area contributed by atoms with Gasteiger partial charge in [0, 0.05) is 24.0 Å². The average Bonchev–Trinajstić information content (AvgIpc) is 2.75. The summed E-state index contributed by atoms with van der Waals surface area (Å²) in [5.74, 6) is 0. The third-order valence-corrected chi connectivity index (χ3v) is 4.05. The molecule has 0 amide bonds. The van der Waals surface area contributed by atoms with Crippen LogP contribution in [0.5, 0.6) is 0 Å². The van der Waals surface area contributed by atoms with Gasteiger partial charge in [0.2, 0.25) is 5.16 Å². The van der Waals surface area contributed by atoms with Gasteiger partial charge < -0.3 is 5.32 Å². The first kappa shape index (κ1) is 15.0. The van der Waals surface area contributed by atoms with Gasteiger partial charge in [-0.1, -0.05) is 12.1 Å². The fraction of sp³-hybridized carbons (Fsp3) is 0.500. The van der Waals surface area contributed by atoms with Gasteiger partial charge in [-0.05, 0) is 67.1 Å². The first-order valence-electron chi connectivity index (χ1n) is 6.60. The van der Waals surface area contributed by atoms with Gasteiger partial charge in [0.25, 0.3) is 0 Å². The molecular formula is C14H21N5S. The topological polar surface area (TPSA) is 55.6 Å². The minimum absolute atomic E-state index is 0.131. The van der Waals surface area contributed by atoms with Gasteiger partial charge >= 0.3 is 0 Å². The molecule has 1 heterocycles. The number of benzene rings is 1. The Balaban J connectivity index is 2.08. The van der Waals surface area contributed by atoms with Crippen molar-refractivity contribution in [1.29, 1.82) is 0 Å². The molecule has 0 saturated carbocycles. The molecule has 2 rings (SSSR count). The quantitative estimate of drug-likeness (QED) is 0.938. The van der Waals surface area contributed by atoms with E-state index < -0.39 is 0 Å².